The Kier molecular flexibility index (Phi) is 4.75. The molecule has 0 bridgehead atoms. The number of hydrogen-bond acceptors (Lipinski definition) is 3. The Balaban J connectivity index is 2.14. The fourth-order valence-corrected chi connectivity index (χ4v) is 3.22. The van der Waals surface area contributed by atoms with E-state index in [2.05, 4.69) is 21.2 Å². The lowest BCUT2D eigenvalue weighted by Crippen LogP contribution is -2.42. The van der Waals surface area contributed by atoms with Gasteiger partial charge in [0.1, 0.15) is 0 Å². The molecule has 2 rings (SSSR count). The minimum Gasteiger partial charge on any atom is -0.348 e. The fraction of sp³-hybridized carbons (Fsp3) is 0.500. The van der Waals surface area contributed by atoms with Crippen LogP contribution in [0.25, 0.3) is 0 Å². The van der Waals surface area contributed by atoms with Gasteiger partial charge in [-0.2, -0.15) is 0 Å². The highest BCUT2D eigenvalue weighted by molar-refractivity contribution is 9.09. The number of amides is 1. The highest BCUT2D eigenvalue weighted by atomic mass is 79.9. The van der Waals surface area contributed by atoms with Crippen molar-refractivity contribution < 1.29 is 9.72 Å². The Morgan fingerprint density at radius 1 is 1.35 bits per heavy atom. The summed E-state index contributed by atoms with van der Waals surface area (Å²) in [5.41, 5.74) is 1.01. The van der Waals surface area contributed by atoms with Crippen LogP contribution in [-0.4, -0.2) is 21.7 Å². The molecular weight excluding hydrogens is 324 g/mol. The third-order valence-corrected chi connectivity index (χ3v) is 4.63. The molecule has 108 valence electrons. The number of halogens is 1. The van der Waals surface area contributed by atoms with Crippen molar-refractivity contribution in [3.8, 4) is 0 Å². The minimum atomic E-state index is -0.475. The van der Waals surface area contributed by atoms with Crippen molar-refractivity contribution in [2.24, 2.45) is 0 Å². The Morgan fingerprint density at radius 3 is 2.70 bits per heavy atom. The van der Waals surface area contributed by atoms with E-state index in [-0.39, 0.29) is 22.5 Å². The number of carbonyl (C=O) groups is 1. The maximum absolute atomic E-state index is 12.2. The molecule has 1 N–H and O–H groups in total. The number of benzene rings is 1. The van der Waals surface area contributed by atoms with Gasteiger partial charge in [-0.15, -0.1) is 0 Å². The molecule has 1 aliphatic carbocycles. The number of hydrogen-bond donors (Lipinski definition) is 1. The normalized spacial score (nSPS) is 22.3. The van der Waals surface area contributed by atoms with Crippen LogP contribution < -0.4 is 5.32 Å². The minimum absolute atomic E-state index is 0.0470. The zero-order chi connectivity index (χ0) is 14.7. The first-order valence-corrected chi connectivity index (χ1v) is 7.60. The molecule has 1 fully saturated rings. The standard InChI is InChI=1S/C14H17BrN2O3/c1-9-6-10(8-11(7-9)17(19)20)14(18)16-13-5-3-2-4-12(13)15/h6-8,12-13H,2-5H2,1H3,(H,16,18). The molecule has 1 amide bonds. The summed E-state index contributed by atoms with van der Waals surface area (Å²) in [5, 5.41) is 13.8. The van der Waals surface area contributed by atoms with E-state index < -0.39 is 4.92 Å². The van der Waals surface area contributed by atoms with Crippen LogP contribution in [0.1, 0.15) is 41.6 Å². The van der Waals surface area contributed by atoms with Crippen LogP contribution in [0.5, 0.6) is 0 Å². The van der Waals surface area contributed by atoms with Crippen LogP contribution in [0.2, 0.25) is 0 Å². The van der Waals surface area contributed by atoms with Crippen molar-refractivity contribution in [3.63, 3.8) is 0 Å². The third-order valence-electron chi connectivity index (χ3n) is 3.53. The van der Waals surface area contributed by atoms with Crippen LogP contribution in [0.4, 0.5) is 5.69 Å². The fourth-order valence-electron chi connectivity index (χ4n) is 2.50. The molecule has 1 saturated carbocycles. The average molecular weight is 341 g/mol. The number of alkyl halides is 1. The van der Waals surface area contributed by atoms with Gasteiger partial charge in [-0.05, 0) is 31.4 Å². The van der Waals surface area contributed by atoms with E-state index in [0.717, 1.165) is 25.7 Å². The van der Waals surface area contributed by atoms with Gasteiger partial charge < -0.3 is 5.32 Å². The van der Waals surface area contributed by atoms with E-state index in [4.69, 9.17) is 0 Å². The molecule has 0 spiro atoms. The topological polar surface area (TPSA) is 72.2 Å². The first-order chi connectivity index (χ1) is 9.47. The summed E-state index contributed by atoms with van der Waals surface area (Å²) in [6, 6.07) is 4.56. The van der Waals surface area contributed by atoms with Crippen molar-refractivity contribution in [1.82, 2.24) is 5.32 Å². The second-order valence-electron chi connectivity index (χ2n) is 5.19. The molecule has 2 unspecified atom stereocenters. The molecule has 5 nitrogen and oxygen atoms in total. The molecule has 0 heterocycles. The summed E-state index contributed by atoms with van der Waals surface area (Å²) in [4.78, 5) is 22.9. The third kappa shape index (κ3) is 3.56. The largest absolute Gasteiger partial charge is 0.348 e. The molecular formula is C14H17BrN2O3. The van der Waals surface area contributed by atoms with Gasteiger partial charge in [0, 0.05) is 28.6 Å². The van der Waals surface area contributed by atoms with E-state index >= 15 is 0 Å². The predicted octanol–water partition coefficient (Wildman–Crippen LogP) is 3.34. The zero-order valence-corrected chi connectivity index (χ0v) is 12.9. The van der Waals surface area contributed by atoms with Gasteiger partial charge in [0.2, 0.25) is 0 Å². The molecule has 1 aromatic rings. The molecule has 6 heteroatoms. The van der Waals surface area contributed by atoms with Gasteiger partial charge in [0.05, 0.1) is 4.92 Å². The van der Waals surface area contributed by atoms with E-state index in [1.165, 1.54) is 12.1 Å². The molecule has 0 saturated heterocycles. The van der Waals surface area contributed by atoms with E-state index in [0.29, 0.717) is 11.1 Å². The van der Waals surface area contributed by atoms with Gasteiger partial charge in [-0.1, -0.05) is 28.8 Å². The first-order valence-electron chi connectivity index (χ1n) is 6.68. The summed E-state index contributed by atoms with van der Waals surface area (Å²) in [6.07, 6.45) is 4.24. The Hall–Kier alpha value is -1.43. The van der Waals surface area contributed by atoms with Gasteiger partial charge >= 0.3 is 0 Å². The quantitative estimate of drug-likeness (QED) is 0.521. The molecule has 0 aromatic heterocycles. The van der Waals surface area contributed by atoms with Gasteiger partial charge in [0.25, 0.3) is 11.6 Å². The van der Waals surface area contributed by atoms with Gasteiger partial charge in [-0.25, -0.2) is 0 Å². The van der Waals surface area contributed by atoms with Crippen molar-refractivity contribution in [2.75, 3.05) is 0 Å². The molecule has 0 aliphatic heterocycles. The number of nitrogens with one attached hydrogen (secondary N) is 1. The number of nitro groups is 1. The SMILES string of the molecule is Cc1cc(C(=O)NC2CCCCC2Br)cc([N+](=O)[O-])c1. The Bertz CT molecular complexity index is 533. The maximum atomic E-state index is 12.2. The zero-order valence-electron chi connectivity index (χ0n) is 11.3. The Morgan fingerprint density at radius 2 is 2.05 bits per heavy atom. The lowest BCUT2D eigenvalue weighted by molar-refractivity contribution is -0.384. The molecule has 20 heavy (non-hydrogen) atoms. The van der Waals surface area contributed by atoms with Gasteiger partial charge in [0.15, 0.2) is 0 Å². The van der Waals surface area contributed by atoms with Crippen molar-refractivity contribution >= 4 is 27.5 Å². The smallest absolute Gasteiger partial charge is 0.270 e. The lowest BCUT2D eigenvalue weighted by atomic mass is 9.95. The summed E-state index contributed by atoms with van der Waals surface area (Å²) in [5.74, 6) is -0.242. The van der Waals surface area contributed by atoms with Crippen LogP contribution in [0.3, 0.4) is 0 Å². The van der Waals surface area contributed by atoms with Crippen molar-refractivity contribution in [2.45, 2.75) is 43.5 Å². The lowest BCUT2D eigenvalue weighted by Gasteiger charge is -2.28. The van der Waals surface area contributed by atoms with Crippen LogP contribution in [0.15, 0.2) is 18.2 Å². The summed E-state index contributed by atoms with van der Waals surface area (Å²) < 4.78 is 0. The van der Waals surface area contributed by atoms with Crippen LogP contribution in [-0.2, 0) is 0 Å². The second-order valence-corrected chi connectivity index (χ2v) is 6.37. The van der Waals surface area contributed by atoms with E-state index in [1.807, 2.05) is 0 Å². The number of rotatable bonds is 3. The van der Waals surface area contributed by atoms with Crippen molar-refractivity contribution in [3.05, 3.63) is 39.4 Å². The maximum Gasteiger partial charge on any atom is 0.270 e. The van der Waals surface area contributed by atoms with E-state index in [9.17, 15) is 14.9 Å². The van der Waals surface area contributed by atoms with Crippen LogP contribution in [0, 0.1) is 17.0 Å². The van der Waals surface area contributed by atoms with Crippen LogP contribution >= 0.6 is 15.9 Å². The average Bonchev–Trinajstić information content (AvgIpc) is 2.40. The number of aryl methyl sites for hydroxylation is 1. The number of carbonyl (C=O) groups excluding carboxylic acids is 1. The summed E-state index contributed by atoms with van der Waals surface area (Å²) in [7, 11) is 0. The predicted molar refractivity (Wildman–Crippen MR) is 80.3 cm³/mol. The Labute approximate surface area is 126 Å². The first kappa shape index (κ1) is 15.0. The van der Waals surface area contributed by atoms with Crippen molar-refractivity contribution in [1.29, 1.82) is 0 Å². The highest BCUT2D eigenvalue weighted by Gasteiger charge is 2.25. The highest BCUT2D eigenvalue weighted by Crippen LogP contribution is 2.25. The number of nitro benzene ring substituents is 1. The summed E-state index contributed by atoms with van der Waals surface area (Å²) in [6.45, 7) is 1.75. The number of non-ortho nitro benzene ring substituents is 1. The molecule has 1 aliphatic rings. The number of nitrogens with zero attached hydrogens (tertiary/aromatic N) is 1. The monoisotopic (exact) mass is 340 g/mol. The molecule has 2 atom stereocenters. The molecule has 1 aromatic carbocycles. The molecule has 0 radical (unpaired) electrons. The van der Waals surface area contributed by atoms with E-state index in [1.54, 1.807) is 13.0 Å². The van der Waals surface area contributed by atoms with Gasteiger partial charge in [-0.3, -0.25) is 14.9 Å². The second kappa shape index (κ2) is 6.35. The summed E-state index contributed by atoms with van der Waals surface area (Å²) >= 11 is 3.58.